The zero-order valence-corrected chi connectivity index (χ0v) is 17.0. The van der Waals surface area contributed by atoms with Crippen LogP contribution in [0.3, 0.4) is 0 Å². The largest absolute Gasteiger partial charge is 0.435 e. The van der Waals surface area contributed by atoms with Crippen LogP contribution < -0.4 is 15.4 Å². The number of amides is 2. The van der Waals surface area contributed by atoms with Gasteiger partial charge >= 0.3 is 6.61 Å². The lowest BCUT2D eigenvalue weighted by Crippen LogP contribution is -2.43. The van der Waals surface area contributed by atoms with Crippen LogP contribution in [0.15, 0.2) is 24.3 Å². The molecule has 1 aliphatic rings. The Hall–Kier alpha value is -2.55. The van der Waals surface area contributed by atoms with Crippen LogP contribution in [0.1, 0.15) is 37.5 Å². The van der Waals surface area contributed by atoms with Gasteiger partial charge in [0.1, 0.15) is 11.8 Å². The van der Waals surface area contributed by atoms with Gasteiger partial charge in [-0.1, -0.05) is 12.8 Å². The van der Waals surface area contributed by atoms with Crippen LogP contribution in [-0.4, -0.2) is 29.5 Å². The summed E-state index contributed by atoms with van der Waals surface area (Å²) >= 11 is 1.31. The highest BCUT2D eigenvalue weighted by molar-refractivity contribution is 7.16. The van der Waals surface area contributed by atoms with E-state index in [2.05, 4.69) is 20.4 Å². The fourth-order valence-electron chi connectivity index (χ4n) is 3.31. The second kappa shape index (κ2) is 9.30. The van der Waals surface area contributed by atoms with E-state index in [1.54, 1.807) is 19.1 Å². The van der Waals surface area contributed by atoms with E-state index in [0.29, 0.717) is 10.8 Å². The number of nitrogens with one attached hydrogen (secondary N) is 2. The van der Waals surface area contributed by atoms with Gasteiger partial charge in [-0.2, -0.15) is 8.78 Å². The first-order valence-corrected chi connectivity index (χ1v) is 10.3. The third-order valence-electron chi connectivity index (χ3n) is 4.86. The highest BCUT2D eigenvalue weighted by Crippen LogP contribution is 2.31. The number of aromatic nitrogens is 1. The molecule has 2 aromatic rings. The van der Waals surface area contributed by atoms with Crippen LogP contribution in [0.25, 0.3) is 11.3 Å². The van der Waals surface area contributed by atoms with Gasteiger partial charge in [0.15, 0.2) is 5.13 Å². The van der Waals surface area contributed by atoms with E-state index in [-0.39, 0.29) is 23.5 Å². The van der Waals surface area contributed by atoms with Crippen molar-refractivity contribution in [3.8, 4) is 17.0 Å². The molecular formula is C20H23F2N3O3S. The van der Waals surface area contributed by atoms with Crippen LogP contribution in [-0.2, 0) is 9.59 Å². The molecule has 1 atom stereocenters. The number of thiazole rings is 1. The standard InChI is InChI=1S/C20H23F2N3O3S/c1-11(23-18(27)14-5-3-4-6-14)17(26)25-20-24-16(12(2)29-20)13-7-9-15(10-8-13)28-19(21)22/h7-11,14,19H,3-6H2,1-2H3,(H,23,27)(H,24,25,26)/t11-/m1/s1. The molecule has 6 nitrogen and oxygen atoms in total. The van der Waals surface area contributed by atoms with Crippen molar-refractivity contribution in [2.75, 3.05) is 5.32 Å². The topological polar surface area (TPSA) is 80.3 Å². The molecule has 1 aromatic heterocycles. The molecule has 1 aliphatic carbocycles. The fourth-order valence-corrected chi connectivity index (χ4v) is 4.15. The molecule has 2 amide bonds. The molecule has 1 saturated carbocycles. The van der Waals surface area contributed by atoms with E-state index >= 15 is 0 Å². The number of rotatable bonds is 7. The molecule has 0 bridgehead atoms. The van der Waals surface area contributed by atoms with Crippen LogP contribution in [0.2, 0.25) is 0 Å². The molecule has 0 radical (unpaired) electrons. The zero-order valence-electron chi connectivity index (χ0n) is 16.2. The number of anilines is 1. The summed E-state index contributed by atoms with van der Waals surface area (Å²) < 4.78 is 28.9. The maximum absolute atomic E-state index is 12.4. The van der Waals surface area contributed by atoms with Gasteiger partial charge in [0.2, 0.25) is 11.8 Å². The molecule has 3 rings (SSSR count). The molecule has 0 aliphatic heterocycles. The smallest absolute Gasteiger partial charge is 0.387 e. The number of halogens is 2. The second-order valence-corrected chi connectivity index (χ2v) is 8.23. The minimum Gasteiger partial charge on any atom is -0.435 e. The van der Waals surface area contributed by atoms with Gasteiger partial charge in [0.05, 0.1) is 5.69 Å². The molecule has 0 saturated heterocycles. The van der Waals surface area contributed by atoms with Crippen molar-refractivity contribution in [2.24, 2.45) is 5.92 Å². The minimum absolute atomic E-state index is 0.00372. The minimum atomic E-state index is -2.88. The normalized spacial score (nSPS) is 15.3. The van der Waals surface area contributed by atoms with Crippen LogP contribution in [0.5, 0.6) is 5.75 Å². The Morgan fingerprint density at radius 3 is 2.48 bits per heavy atom. The summed E-state index contributed by atoms with van der Waals surface area (Å²) in [6, 6.07) is 5.49. The molecule has 1 fully saturated rings. The maximum Gasteiger partial charge on any atom is 0.387 e. The van der Waals surface area contributed by atoms with E-state index in [4.69, 9.17) is 0 Å². The van der Waals surface area contributed by atoms with Crippen molar-refractivity contribution in [1.82, 2.24) is 10.3 Å². The van der Waals surface area contributed by atoms with Gasteiger partial charge < -0.3 is 15.4 Å². The van der Waals surface area contributed by atoms with Gasteiger partial charge in [-0.15, -0.1) is 11.3 Å². The van der Waals surface area contributed by atoms with Gasteiger partial charge in [-0.05, 0) is 51.0 Å². The highest BCUT2D eigenvalue weighted by Gasteiger charge is 2.26. The zero-order chi connectivity index (χ0) is 21.0. The summed E-state index contributed by atoms with van der Waals surface area (Å²) in [4.78, 5) is 29.9. The number of alkyl halides is 2. The Kier molecular flexibility index (Phi) is 6.79. The van der Waals surface area contributed by atoms with E-state index in [1.165, 1.54) is 23.5 Å². The molecular weight excluding hydrogens is 400 g/mol. The summed E-state index contributed by atoms with van der Waals surface area (Å²) in [6.45, 7) is 0.628. The number of aryl methyl sites for hydroxylation is 1. The lowest BCUT2D eigenvalue weighted by molar-refractivity contribution is -0.128. The number of nitrogens with zero attached hydrogens (tertiary/aromatic N) is 1. The van der Waals surface area contributed by atoms with Gasteiger partial charge in [0.25, 0.3) is 0 Å². The first kappa shape index (κ1) is 21.2. The van der Waals surface area contributed by atoms with Crippen molar-refractivity contribution in [3.63, 3.8) is 0 Å². The Balaban J connectivity index is 1.62. The summed E-state index contributed by atoms with van der Waals surface area (Å²) in [5.41, 5.74) is 1.37. The van der Waals surface area contributed by atoms with E-state index in [9.17, 15) is 18.4 Å². The fraction of sp³-hybridized carbons (Fsp3) is 0.450. The average Bonchev–Trinajstić information content (AvgIpc) is 3.32. The lowest BCUT2D eigenvalue weighted by atomic mass is 10.1. The molecule has 29 heavy (non-hydrogen) atoms. The van der Waals surface area contributed by atoms with E-state index in [1.807, 2.05) is 6.92 Å². The number of carbonyl (C=O) groups is 2. The molecule has 2 N–H and O–H groups in total. The Morgan fingerprint density at radius 2 is 1.86 bits per heavy atom. The van der Waals surface area contributed by atoms with Crippen LogP contribution in [0.4, 0.5) is 13.9 Å². The van der Waals surface area contributed by atoms with Gasteiger partial charge in [-0.3, -0.25) is 9.59 Å². The quantitative estimate of drug-likeness (QED) is 0.694. The third kappa shape index (κ3) is 5.50. The van der Waals surface area contributed by atoms with Crippen molar-refractivity contribution >= 4 is 28.3 Å². The molecule has 156 valence electrons. The van der Waals surface area contributed by atoms with Crippen molar-refractivity contribution in [2.45, 2.75) is 52.2 Å². The number of carbonyl (C=O) groups excluding carboxylic acids is 2. The highest BCUT2D eigenvalue weighted by atomic mass is 32.1. The third-order valence-corrected chi connectivity index (χ3v) is 5.74. The first-order valence-electron chi connectivity index (χ1n) is 9.47. The van der Waals surface area contributed by atoms with Crippen molar-refractivity contribution < 1.29 is 23.1 Å². The number of hydrogen-bond donors (Lipinski definition) is 2. The first-order chi connectivity index (χ1) is 13.8. The van der Waals surface area contributed by atoms with Crippen molar-refractivity contribution in [3.05, 3.63) is 29.1 Å². The molecule has 9 heteroatoms. The SMILES string of the molecule is Cc1sc(NC(=O)[C@@H](C)NC(=O)C2CCCC2)nc1-c1ccc(OC(F)F)cc1. The van der Waals surface area contributed by atoms with Crippen molar-refractivity contribution in [1.29, 1.82) is 0 Å². The summed E-state index contributed by atoms with van der Waals surface area (Å²) in [5, 5.41) is 5.92. The molecule has 1 aromatic carbocycles. The van der Waals surface area contributed by atoms with E-state index in [0.717, 1.165) is 36.1 Å². The summed E-state index contributed by atoms with van der Waals surface area (Å²) in [6.07, 6.45) is 3.84. The maximum atomic E-state index is 12.4. The Morgan fingerprint density at radius 1 is 1.21 bits per heavy atom. The number of hydrogen-bond acceptors (Lipinski definition) is 5. The summed E-state index contributed by atoms with van der Waals surface area (Å²) in [5.74, 6) is -0.349. The Labute approximate surface area is 171 Å². The molecule has 0 spiro atoms. The summed E-state index contributed by atoms with van der Waals surface area (Å²) in [7, 11) is 0. The van der Waals surface area contributed by atoms with Crippen LogP contribution in [0, 0.1) is 12.8 Å². The molecule has 0 unspecified atom stereocenters. The monoisotopic (exact) mass is 423 g/mol. The number of ether oxygens (including phenoxy) is 1. The predicted molar refractivity (Wildman–Crippen MR) is 107 cm³/mol. The predicted octanol–water partition coefficient (Wildman–Crippen LogP) is 4.35. The van der Waals surface area contributed by atoms with Crippen LogP contribution >= 0.6 is 11.3 Å². The average molecular weight is 423 g/mol. The lowest BCUT2D eigenvalue weighted by Gasteiger charge is -2.16. The number of benzene rings is 1. The van der Waals surface area contributed by atoms with E-state index < -0.39 is 12.7 Å². The molecule has 1 heterocycles. The van der Waals surface area contributed by atoms with Gasteiger partial charge in [0, 0.05) is 16.4 Å². The second-order valence-electron chi connectivity index (χ2n) is 7.03. The Bertz CT molecular complexity index is 864. The van der Waals surface area contributed by atoms with Gasteiger partial charge in [-0.25, -0.2) is 4.98 Å².